The first-order valence-corrected chi connectivity index (χ1v) is 10.4. The summed E-state index contributed by atoms with van der Waals surface area (Å²) in [6, 6.07) is 14.3. The van der Waals surface area contributed by atoms with Gasteiger partial charge in [0.15, 0.2) is 16.3 Å². The summed E-state index contributed by atoms with van der Waals surface area (Å²) in [5.41, 5.74) is 2.30. The van der Waals surface area contributed by atoms with Crippen LogP contribution in [0.25, 0.3) is 6.08 Å². The predicted octanol–water partition coefficient (Wildman–Crippen LogP) is 2.14. The van der Waals surface area contributed by atoms with Crippen LogP contribution >= 0.6 is 11.3 Å². The molecule has 2 aliphatic rings. The maximum atomic E-state index is 13.5. The van der Waals surface area contributed by atoms with E-state index in [4.69, 9.17) is 14.2 Å². The molecule has 5 rings (SSSR count). The number of methoxy groups -OCH3 is 1. The first-order valence-electron chi connectivity index (χ1n) is 9.62. The molecule has 156 valence electrons. The van der Waals surface area contributed by atoms with Gasteiger partial charge in [-0.2, -0.15) is 0 Å². The average molecular weight is 434 g/mol. The fourth-order valence-corrected chi connectivity index (χ4v) is 4.84. The van der Waals surface area contributed by atoms with E-state index in [0.29, 0.717) is 32.1 Å². The Morgan fingerprint density at radius 2 is 1.97 bits per heavy atom. The second kappa shape index (κ2) is 7.55. The number of aromatic nitrogens is 1. The van der Waals surface area contributed by atoms with Gasteiger partial charge in [0.05, 0.1) is 29.0 Å². The van der Waals surface area contributed by atoms with E-state index >= 15 is 0 Å². The molecule has 7 nitrogen and oxygen atoms in total. The molecule has 0 unspecified atom stereocenters. The summed E-state index contributed by atoms with van der Waals surface area (Å²) in [7, 11) is 1.33. The third kappa shape index (κ3) is 3.25. The summed E-state index contributed by atoms with van der Waals surface area (Å²) in [4.78, 5) is 31.1. The summed E-state index contributed by atoms with van der Waals surface area (Å²) in [5.74, 6) is 0.827. The first-order chi connectivity index (χ1) is 15.1. The minimum Gasteiger partial charge on any atom is -0.466 e. The third-order valence-corrected chi connectivity index (χ3v) is 6.22. The normalized spacial score (nSPS) is 17.4. The van der Waals surface area contributed by atoms with Gasteiger partial charge in [-0.05, 0) is 36.3 Å². The van der Waals surface area contributed by atoms with Crippen molar-refractivity contribution in [2.75, 3.05) is 13.9 Å². The highest BCUT2D eigenvalue weighted by Crippen LogP contribution is 2.33. The molecular formula is C23H18N2O5S. The lowest BCUT2D eigenvalue weighted by molar-refractivity contribution is -0.136. The van der Waals surface area contributed by atoms with Crippen molar-refractivity contribution in [1.82, 2.24) is 4.57 Å². The largest absolute Gasteiger partial charge is 0.466 e. The van der Waals surface area contributed by atoms with Crippen LogP contribution in [0.5, 0.6) is 11.5 Å². The van der Waals surface area contributed by atoms with Gasteiger partial charge in [-0.3, -0.25) is 9.36 Å². The number of esters is 1. The van der Waals surface area contributed by atoms with Gasteiger partial charge >= 0.3 is 5.97 Å². The topological polar surface area (TPSA) is 79.1 Å². The molecule has 0 fully saturated rings. The number of thiazole rings is 1. The Kier molecular flexibility index (Phi) is 4.71. The van der Waals surface area contributed by atoms with Crippen molar-refractivity contribution in [2.24, 2.45) is 4.99 Å². The number of hydrogen-bond donors (Lipinski definition) is 0. The SMILES string of the molecule is COC(=O)C1=C(C)N=c2s/c(=C\c3ccc4c(c3)OCO4)c(=O)n2[C@@H]1c1ccccc1. The number of benzene rings is 2. The van der Waals surface area contributed by atoms with Gasteiger partial charge in [-0.25, -0.2) is 9.79 Å². The van der Waals surface area contributed by atoms with Gasteiger partial charge in [-0.1, -0.05) is 47.7 Å². The van der Waals surface area contributed by atoms with Gasteiger partial charge < -0.3 is 14.2 Å². The zero-order valence-corrected chi connectivity index (χ0v) is 17.6. The molecule has 1 aromatic heterocycles. The summed E-state index contributed by atoms with van der Waals surface area (Å²) in [5, 5.41) is 0. The van der Waals surface area contributed by atoms with E-state index in [-0.39, 0.29) is 12.4 Å². The van der Waals surface area contributed by atoms with Gasteiger partial charge in [0.2, 0.25) is 6.79 Å². The molecule has 1 atom stereocenters. The van der Waals surface area contributed by atoms with E-state index in [1.54, 1.807) is 17.6 Å². The first kappa shape index (κ1) is 19.3. The van der Waals surface area contributed by atoms with E-state index in [1.165, 1.54) is 18.4 Å². The molecule has 2 aromatic carbocycles. The highest BCUT2D eigenvalue weighted by molar-refractivity contribution is 7.07. The van der Waals surface area contributed by atoms with Crippen molar-refractivity contribution in [3.8, 4) is 11.5 Å². The number of allylic oxidation sites excluding steroid dienone is 1. The molecule has 0 amide bonds. The molecule has 0 aliphatic carbocycles. The molecule has 0 bridgehead atoms. The minimum absolute atomic E-state index is 0.188. The number of fused-ring (bicyclic) bond motifs is 2. The second-order valence-electron chi connectivity index (χ2n) is 7.10. The van der Waals surface area contributed by atoms with Crippen molar-refractivity contribution in [1.29, 1.82) is 0 Å². The molecule has 0 saturated carbocycles. The van der Waals surface area contributed by atoms with Crippen molar-refractivity contribution in [3.05, 3.63) is 90.6 Å². The second-order valence-corrected chi connectivity index (χ2v) is 8.11. The number of carbonyl (C=O) groups excluding carboxylic acids is 1. The van der Waals surface area contributed by atoms with E-state index in [1.807, 2.05) is 48.5 Å². The molecule has 0 spiro atoms. The van der Waals surface area contributed by atoms with Crippen LogP contribution in [0.3, 0.4) is 0 Å². The monoisotopic (exact) mass is 434 g/mol. The Morgan fingerprint density at radius 3 is 2.74 bits per heavy atom. The third-order valence-electron chi connectivity index (χ3n) is 5.24. The Hall–Kier alpha value is -3.65. The fraction of sp³-hybridized carbons (Fsp3) is 0.174. The lowest BCUT2D eigenvalue weighted by Crippen LogP contribution is -2.39. The zero-order chi connectivity index (χ0) is 21.5. The predicted molar refractivity (Wildman–Crippen MR) is 115 cm³/mol. The number of rotatable bonds is 3. The zero-order valence-electron chi connectivity index (χ0n) is 16.8. The molecule has 8 heteroatoms. The van der Waals surface area contributed by atoms with E-state index in [9.17, 15) is 9.59 Å². The fourth-order valence-electron chi connectivity index (χ4n) is 3.80. The molecule has 0 radical (unpaired) electrons. The minimum atomic E-state index is -0.608. The molecule has 2 aliphatic heterocycles. The van der Waals surface area contributed by atoms with Crippen LogP contribution in [0.4, 0.5) is 0 Å². The van der Waals surface area contributed by atoms with Crippen LogP contribution in [0.1, 0.15) is 24.1 Å². The maximum absolute atomic E-state index is 13.5. The maximum Gasteiger partial charge on any atom is 0.338 e. The van der Waals surface area contributed by atoms with Crippen molar-refractivity contribution >= 4 is 23.4 Å². The van der Waals surface area contributed by atoms with Crippen LogP contribution in [-0.2, 0) is 9.53 Å². The van der Waals surface area contributed by atoms with E-state index in [2.05, 4.69) is 4.99 Å². The van der Waals surface area contributed by atoms with Gasteiger partial charge in [-0.15, -0.1) is 0 Å². The van der Waals surface area contributed by atoms with E-state index < -0.39 is 12.0 Å². The van der Waals surface area contributed by atoms with Crippen molar-refractivity contribution in [3.63, 3.8) is 0 Å². The highest BCUT2D eigenvalue weighted by Gasteiger charge is 2.32. The lowest BCUT2D eigenvalue weighted by atomic mass is 9.96. The number of nitrogens with zero attached hydrogens (tertiary/aromatic N) is 2. The summed E-state index contributed by atoms with van der Waals surface area (Å²) < 4.78 is 17.9. The highest BCUT2D eigenvalue weighted by atomic mass is 32.1. The quantitative estimate of drug-likeness (QED) is 0.590. The van der Waals surface area contributed by atoms with Crippen LogP contribution in [0.15, 0.2) is 69.6 Å². The number of carbonyl (C=O) groups is 1. The molecule has 31 heavy (non-hydrogen) atoms. The van der Waals surface area contributed by atoms with Gasteiger partial charge in [0.1, 0.15) is 0 Å². The Balaban J connectivity index is 1.71. The van der Waals surface area contributed by atoms with Crippen molar-refractivity contribution in [2.45, 2.75) is 13.0 Å². The van der Waals surface area contributed by atoms with Gasteiger partial charge in [0, 0.05) is 0 Å². The lowest BCUT2D eigenvalue weighted by Gasteiger charge is -2.24. The van der Waals surface area contributed by atoms with Crippen molar-refractivity contribution < 1.29 is 19.0 Å². The standard InChI is InChI=1S/C23H18N2O5S/c1-13-19(22(27)28-2)20(15-6-4-3-5-7-15)25-21(26)18(31-23(25)24-13)11-14-8-9-16-17(10-14)30-12-29-16/h3-11,20H,12H2,1-2H3/b18-11-/t20-/m1/s1. The van der Waals surface area contributed by atoms with Crippen LogP contribution < -0.4 is 24.4 Å². The van der Waals surface area contributed by atoms with Crippen LogP contribution in [-0.4, -0.2) is 24.4 Å². The van der Waals surface area contributed by atoms with Gasteiger partial charge in [0.25, 0.3) is 5.56 Å². The Bertz CT molecular complexity index is 1400. The molecule has 0 N–H and O–H groups in total. The average Bonchev–Trinajstić information content (AvgIpc) is 3.37. The van der Waals surface area contributed by atoms with Crippen LogP contribution in [0, 0.1) is 0 Å². The summed E-state index contributed by atoms with van der Waals surface area (Å²) in [6.07, 6.45) is 1.80. The Morgan fingerprint density at radius 1 is 1.19 bits per heavy atom. The smallest absolute Gasteiger partial charge is 0.338 e. The summed E-state index contributed by atoms with van der Waals surface area (Å²) in [6.45, 7) is 1.95. The molecule has 3 aromatic rings. The molecular weight excluding hydrogens is 416 g/mol. The summed E-state index contributed by atoms with van der Waals surface area (Å²) >= 11 is 1.28. The number of hydrogen-bond acceptors (Lipinski definition) is 7. The Labute approximate surface area is 181 Å². The number of ether oxygens (including phenoxy) is 3. The van der Waals surface area contributed by atoms with E-state index in [0.717, 1.165) is 11.1 Å². The molecule has 0 saturated heterocycles. The van der Waals surface area contributed by atoms with Crippen LogP contribution in [0.2, 0.25) is 0 Å². The molecule has 3 heterocycles.